The molecule has 0 aliphatic carbocycles. The zero-order valence-corrected chi connectivity index (χ0v) is 16.8. The van der Waals surface area contributed by atoms with Crippen LogP contribution in [0.4, 0.5) is 10.5 Å². The zero-order valence-electron chi connectivity index (χ0n) is 16.8. The van der Waals surface area contributed by atoms with Crippen LogP contribution in [0.2, 0.25) is 0 Å². The van der Waals surface area contributed by atoms with Crippen LogP contribution in [-0.2, 0) is 10.3 Å². The molecule has 2 aliphatic heterocycles. The fourth-order valence-electron chi connectivity index (χ4n) is 3.93. The number of piperazine rings is 1. The van der Waals surface area contributed by atoms with Crippen LogP contribution in [0.25, 0.3) is 0 Å². The summed E-state index contributed by atoms with van der Waals surface area (Å²) in [5, 5.41) is 2.87. The lowest BCUT2D eigenvalue weighted by atomic mass is 9.92. The number of carbonyl (C=O) groups excluding carboxylic acids is 2. The third-order valence-corrected chi connectivity index (χ3v) is 5.78. The standard InChI is InChI=1S/C22H26N4O3/c1-22(17-6-4-3-5-7-17)20(27)26(21(28)23-22)16-24-12-14-25(15-13-24)18-8-10-19(29-2)11-9-18/h3-11H,12-16H2,1-2H3,(H,23,28)/t22-/m0/s1. The number of imide groups is 1. The van der Waals surface area contributed by atoms with Gasteiger partial charge in [0.15, 0.2) is 0 Å². The van der Waals surface area contributed by atoms with Gasteiger partial charge in [-0.2, -0.15) is 0 Å². The Hall–Kier alpha value is -3.06. The fraction of sp³-hybridized carbons (Fsp3) is 0.364. The van der Waals surface area contributed by atoms with E-state index in [0.29, 0.717) is 6.67 Å². The summed E-state index contributed by atoms with van der Waals surface area (Å²) in [6.07, 6.45) is 0. The Morgan fingerprint density at radius 1 is 0.966 bits per heavy atom. The van der Waals surface area contributed by atoms with Gasteiger partial charge in [0.25, 0.3) is 5.91 Å². The normalized spacial score (nSPS) is 22.7. The van der Waals surface area contributed by atoms with E-state index in [4.69, 9.17) is 4.74 Å². The van der Waals surface area contributed by atoms with E-state index < -0.39 is 5.54 Å². The summed E-state index contributed by atoms with van der Waals surface area (Å²) in [5.74, 6) is 0.638. The van der Waals surface area contributed by atoms with E-state index in [0.717, 1.165) is 43.2 Å². The molecule has 2 heterocycles. The van der Waals surface area contributed by atoms with Gasteiger partial charge in [0.2, 0.25) is 0 Å². The Kier molecular flexibility index (Phi) is 5.15. The van der Waals surface area contributed by atoms with Gasteiger partial charge in [-0.3, -0.25) is 9.69 Å². The van der Waals surface area contributed by atoms with Gasteiger partial charge >= 0.3 is 6.03 Å². The third kappa shape index (κ3) is 3.65. The molecule has 2 saturated heterocycles. The van der Waals surface area contributed by atoms with Crippen molar-refractivity contribution in [1.82, 2.24) is 15.1 Å². The van der Waals surface area contributed by atoms with Crippen molar-refractivity contribution in [3.63, 3.8) is 0 Å². The lowest BCUT2D eigenvalue weighted by molar-refractivity contribution is -0.132. The van der Waals surface area contributed by atoms with Crippen LogP contribution in [0, 0.1) is 0 Å². The Bertz CT molecular complexity index is 879. The molecule has 7 nitrogen and oxygen atoms in total. The first-order chi connectivity index (χ1) is 14.0. The molecule has 29 heavy (non-hydrogen) atoms. The number of urea groups is 1. The quantitative estimate of drug-likeness (QED) is 0.788. The SMILES string of the molecule is COc1ccc(N2CCN(CN3C(=O)N[C@@](C)(c4ccccc4)C3=O)CC2)cc1. The maximum atomic E-state index is 13.1. The highest BCUT2D eigenvalue weighted by molar-refractivity contribution is 6.07. The lowest BCUT2D eigenvalue weighted by Gasteiger charge is -2.37. The number of methoxy groups -OCH3 is 1. The number of nitrogens with one attached hydrogen (secondary N) is 1. The number of hydrogen-bond donors (Lipinski definition) is 1. The summed E-state index contributed by atoms with van der Waals surface area (Å²) >= 11 is 0. The van der Waals surface area contributed by atoms with E-state index in [9.17, 15) is 9.59 Å². The van der Waals surface area contributed by atoms with Crippen molar-refractivity contribution in [2.75, 3.05) is 44.9 Å². The van der Waals surface area contributed by atoms with E-state index in [2.05, 4.69) is 27.2 Å². The van der Waals surface area contributed by atoms with Gasteiger partial charge in [-0.1, -0.05) is 30.3 Å². The van der Waals surface area contributed by atoms with Gasteiger partial charge in [0.1, 0.15) is 11.3 Å². The molecule has 7 heteroatoms. The molecule has 0 radical (unpaired) electrons. The number of hydrogen-bond acceptors (Lipinski definition) is 5. The first kappa shape index (κ1) is 19.3. The summed E-state index contributed by atoms with van der Waals surface area (Å²) < 4.78 is 5.21. The number of nitrogens with zero attached hydrogens (tertiary/aromatic N) is 3. The molecule has 3 amide bonds. The molecular weight excluding hydrogens is 368 g/mol. The third-order valence-electron chi connectivity index (χ3n) is 5.78. The van der Waals surface area contributed by atoms with Crippen LogP contribution in [0.5, 0.6) is 5.75 Å². The predicted octanol–water partition coefficient (Wildman–Crippen LogP) is 2.24. The maximum Gasteiger partial charge on any atom is 0.326 e. The van der Waals surface area contributed by atoms with Crippen molar-refractivity contribution in [3.05, 3.63) is 60.2 Å². The molecule has 4 rings (SSSR count). The Balaban J connectivity index is 1.38. The van der Waals surface area contributed by atoms with Crippen LogP contribution in [-0.4, -0.2) is 61.7 Å². The molecule has 2 fully saturated rings. The second kappa shape index (κ2) is 7.75. The number of anilines is 1. The van der Waals surface area contributed by atoms with Crippen molar-refractivity contribution in [1.29, 1.82) is 0 Å². The number of carbonyl (C=O) groups is 2. The second-order valence-corrected chi connectivity index (χ2v) is 7.60. The number of ether oxygens (including phenoxy) is 1. The van der Waals surface area contributed by atoms with Crippen molar-refractivity contribution < 1.29 is 14.3 Å². The van der Waals surface area contributed by atoms with Crippen LogP contribution in [0.15, 0.2) is 54.6 Å². The molecule has 2 aliphatic rings. The van der Waals surface area contributed by atoms with Crippen molar-refractivity contribution >= 4 is 17.6 Å². The minimum Gasteiger partial charge on any atom is -0.497 e. The predicted molar refractivity (Wildman–Crippen MR) is 111 cm³/mol. The Morgan fingerprint density at radius 2 is 1.62 bits per heavy atom. The minimum absolute atomic E-state index is 0.203. The van der Waals surface area contributed by atoms with Gasteiger partial charge in [-0.05, 0) is 36.8 Å². The molecule has 1 N–H and O–H groups in total. The van der Waals surface area contributed by atoms with Crippen LogP contribution >= 0.6 is 0 Å². The van der Waals surface area contributed by atoms with E-state index in [1.807, 2.05) is 42.5 Å². The molecule has 2 aromatic carbocycles. The van der Waals surface area contributed by atoms with Crippen molar-refractivity contribution in [2.24, 2.45) is 0 Å². The van der Waals surface area contributed by atoms with Crippen molar-refractivity contribution in [2.45, 2.75) is 12.5 Å². The first-order valence-corrected chi connectivity index (χ1v) is 9.82. The molecule has 0 spiro atoms. The number of rotatable bonds is 5. The number of amides is 3. The van der Waals surface area contributed by atoms with Gasteiger partial charge in [0.05, 0.1) is 13.8 Å². The summed E-state index contributed by atoms with van der Waals surface area (Å²) in [4.78, 5) is 31.4. The van der Waals surface area contributed by atoms with Gasteiger partial charge in [-0.15, -0.1) is 0 Å². The van der Waals surface area contributed by atoms with Gasteiger partial charge in [-0.25, -0.2) is 9.69 Å². The minimum atomic E-state index is -1.01. The topological polar surface area (TPSA) is 65.1 Å². The Labute approximate surface area is 170 Å². The molecule has 152 valence electrons. The zero-order chi connectivity index (χ0) is 20.4. The van der Waals surface area contributed by atoms with Crippen LogP contribution in [0.1, 0.15) is 12.5 Å². The second-order valence-electron chi connectivity index (χ2n) is 7.60. The monoisotopic (exact) mass is 394 g/mol. The summed E-state index contributed by atoms with van der Waals surface area (Å²) in [6, 6.07) is 17.1. The van der Waals surface area contributed by atoms with E-state index >= 15 is 0 Å². The highest BCUT2D eigenvalue weighted by Crippen LogP contribution is 2.29. The molecule has 0 unspecified atom stereocenters. The largest absolute Gasteiger partial charge is 0.497 e. The van der Waals surface area contributed by atoms with Crippen LogP contribution < -0.4 is 15.0 Å². The fourth-order valence-corrected chi connectivity index (χ4v) is 3.93. The summed E-state index contributed by atoms with van der Waals surface area (Å²) in [6.45, 7) is 5.32. The Morgan fingerprint density at radius 3 is 2.24 bits per heavy atom. The highest BCUT2D eigenvalue weighted by atomic mass is 16.5. The molecule has 0 bridgehead atoms. The van der Waals surface area contributed by atoms with Gasteiger partial charge in [0, 0.05) is 31.9 Å². The van der Waals surface area contributed by atoms with E-state index in [-0.39, 0.29) is 11.9 Å². The molecular formula is C22H26N4O3. The van der Waals surface area contributed by atoms with Crippen LogP contribution in [0.3, 0.4) is 0 Å². The van der Waals surface area contributed by atoms with Crippen molar-refractivity contribution in [3.8, 4) is 5.75 Å². The van der Waals surface area contributed by atoms with Gasteiger partial charge < -0.3 is 15.0 Å². The molecule has 2 aromatic rings. The lowest BCUT2D eigenvalue weighted by Crippen LogP contribution is -2.51. The number of benzene rings is 2. The first-order valence-electron chi connectivity index (χ1n) is 9.82. The average molecular weight is 394 g/mol. The average Bonchev–Trinajstić information content (AvgIpc) is 2.99. The highest BCUT2D eigenvalue weighted by Gasteiger charge is 2.49. The summed E-state index contributed by atoms with van der Waals surface area (Å²) in [7, 11) is 1.66. The molecule has 0 aromatic heterocycles. The van der Waals surface area contributed by atoms with E-state index in [1.165, 1.54) is 4.90 Å². The van der Waals surface area contributed by atoms with E-state index in [1.54, 1.807) is 14.0 Å². The maximum absolute atomic E-state index is 13.1. The molecule has 1 atom stereocenters. The molecule has 0 saturated carbocycles. The summed E-state index contributed by atoms with van der Waals surface area (Å²) in [5.41, 5.74) is 0.936. The smallest absolute Gasteiger partial charge is 0.326 e.